The molecule has 0 spiro atoms. The average molecular weight is 766 g/mol. The van der Waals surface area contributed by atoms with Crippen molar-refractivity contribution in [2.75, 3.05) is 0 Å². The van der Waals surface area contributed by atoms with Crippen molar-refractivity contribution < 1.29 is 4.42 Å². The highest BCUT2D eigenvalue weighted by molar-refractivity contribution is 7.26. The molecule has 0 atom stereocenters. The molecular formula is C49H27N5OS2. The molecule has 0 radical (unpaired) electrons. The fraction of sp³-hybridized carbons (Fsp3) is 0. The van der Waals surface area contributed by atoms with Gasteiger partial charge in [-0.1, -0.05) is 133 Å². The monoisotopic (exact) mass is 765 g/mol. The summed E-state index contributed by atoms with van der Waals surface area (Å²) in [5.41, 5.74) is 8.26. The zero-order valence-corrected chi connectivity index (χ0v) is 31.7. The van der Waals surface area contributed by atoms with E-state index < -0.39 is 0 Å². The van der Waals surface area contributed by atoms with Crippen molar-refractivity contribution >= 4 is 85.1 Å². The summed E-state index contributed by atoms with van der Waals surface area (Å²) < 4.78 is 11.0. The first kappa shape index (κ1) is 32.1. The topological polar surface area (TPSA) is 77.6 Å². The first-order valence-electron chi connectivity index (χ1n) is 18.7. The highest BCUT2D eigenvalue weighted by Crippen LogP contribution is 2.45. The quantitative estimate of drug-likeness (QED) is 0.174. The van der Waals surface area contributed by atoms with Crippen LogP contribution in [0.3, 0.4) is 0 Å². The molecule has 7 aromatic carbocycles. The van der Waals surface area contributed by atoms with E-state index in [1.165, 1.54) is 4.70 Å². The van der Waals surface area contributed by atoms with Crippen LogP contribution in [0.4, 0.5) is 0 Å². The van der Waals surface area contributed by atoms with Crippen molar-refractivity contribution in [2.45, 2.75) is 0 Å². The molecule has 0 amide bonds. The lowest BCUT2D eigenvalue weighted by atomic mass is 10.0. The van der Waals surface area contributed by atoms with Crippen LogP contribution in [-0.2, 0) is 0 Å². The summed E-state index contributed by atoms with van der Waals surface area (Å²) in [4.78, 5) is 25.8. The summed E-state index contributed by atoms with van der Waals surface area (Å²) in [5, 5.41) is 5.53. The van der Waals surface area contributed by atoms with Gasteiger partial charge in [-0.25, -0.2) is 24.9 Å². The van der Waals surface area contributed by atoms with Crippen molar-refractivity contribution in [3.63, 3.8) is 0 Å². The van der Waals surface area contributed by atoms with Crippen molar-refractivity contribution in [3.05, 3.63) is 164 Å². The normalized spacial score (nSPS) is 11.9. The minimum atomic E-state index is 0.639. The summed E-state index contributed by atoms with van der Waals surface area (Å²) in [6.45, 7) is 0. The number of rotatable bonds is 5. The van der Waals surface area contributed by atoms with Gasteiger partial charge in [-0.3, -0.25) is 0 Å². The van der Waals surface area contributed by atoms with Crippen LogP contribution in [0.2, 0.25) is 0 Å². The molecule has 5 heterocycles. The largest absolute Gasteiger partial charge is 0.455 e. The zero-order chi connectivity index (χ0) is 37.5. The second kappa shape index (κ2) is 12.7. The lowest BCUT2D eigenvalue weighted by Crippen LogP contribution is -2.00. The van der Waals surface area contributed by atoms with E-state index in [2.05, 4.69) is 91.0 Å². The van der Waals surface area contributed by atoms with E-state index in [4.69, 9.17) is 29.3 Å². The van der Waals surface area contributed by atoms with Crippen LogP contribution in [0.5, 0.6) is 0 Å². The van der Waals surface area contributed by atoms with Gasteiger partial charge in [-0.15, -0.1) is 22.7 Å². The summed E-state index contributed by atoms with van der Waals surface area (Å²) in [6, 6.07) is 56.2. The van der Waals surface area contributed by atoms with Crippen LogP contribution in [0.25, 0.3) is 119 Å². The SMILES string of the molecule is c1ccc(-c2nc(-c3ccccc3)nc(-c3cccc4sc5cc(-c6nc(-c7cccc8c7oc7ccccc78)c7sc8ccccc8c7n6)ccc5c34)n2)cc1. The zero-order valence-electron chi connectivity index (χ0n) is 30.0. The maximum Gasteiger partial charge on any atom is 0.164 e. The summed E-state index contributed by atoms with van der Waals surface area (Å²) in [6.07, 6.45) is 0. The van der Waals surface area contributed by atoms with Gasteiger partial charge < -0.3 is 4.42 Å². The standard InChI is InChI=1S/C49H27N5OS2/c1-3-13-28(14-4-1)46-52-47(29-15-5-2-6-16-29)54-49(53-46)35-20-12-24-39-41(35)33-26-25-30(27-40(33)56-39)48-50-42-34-18-8-10-23-38(34)57-45(42)43(51-48)36-21-11-19-32-31-17-7-9-22-37(31)55-44(32)36/h1-27H. The van der Waals surface area contributed by atoms with Crippen LogP contribution in [-0.4, -0.2) is 24.9 Å². The number of nitrogens with zero attached hydrogens (tertiary/aromatic N) is 5. The molecule has 57 heavy (non-hydrogen) atoms. The number of hydrogen-bond acceptors (Lipinski definition) is 8. The van der Waals surface area contributed by atoms with E-state index in [9.17, 15) is 0 Å². The minimum absolute atomic E-state index is 0.639. The first-order chi connectivity index (χ1) is 28.2. The Hall–Kier alpha value is -7.13. The Morgan fingerprint density at radius 3 is 1.82 bits per heavy atom. The third-order valence-electron chi connectivity index (χ3n) is 10.6. The highest BCUT2D eigenvalue weighted by atomic mass is 32.1. The third-order valence-corrected chi connectivity index (χ3v) is 12.9. The third kappa shape index (κ3) is 5.19. The van der Waals surface area contributed by atoms with Crippen LogP contribution in [0, 0.1) is 0 Å². The maximum absolute atomic E-state index is 6.54. The fourth-order valence-electron chi connectivity index (χ4n) is 7.92. The number of para-hydroxylation sites is 2. The van der Waals surface area contributed by atoms with Crippen LogP contribution in [0.15, 0.2) is 168 Å². The average Bonchev–Trinajstić information content (AvgIpc) is 3.98. The van der Waals surface area contributed by atoms with Crippen LogP contribution in [0.1, 0.15) is 0 Å². The predicted molar refractivity (Wildman–Crippen MR) is 236 cm³/mol. The molecule has 0 aliphatic heterocycles. The van der Waals surface area contributed by atoms with Gasteiger partial charge in [0, 0.05) is 68.8 Å². The summed E-state index contributed by atoms with van der Waals surface area (Å²) >= 11 is 3.48. The predicted octanol–water partition coefficient (Wildman–Crippen LogP) is 13.6. The van der Waals surface area contributed by atoms with Gasteiger partial charge in [-0.05, 0) is 30.3 Å². The van der Waals surface area contributed by atoms with E-state index in [0.29, 0.717) is 23.3 Å². The number of hydrogen-bond donors (Lipinski definition) is 0. The molecule has 5 aromatic heterocycles. The number of thiophene rings is 2. The first-order valence-corrected chi connectivity index (χ1v) is 20.3. The molecule has 12 rings (SSSR count). The van der Waals surface area contributed by atoms with Crippen LogP contribution < -0.4 is 0 Å². The molecule has 0 fully saturated rings. The van der Waals surface area contributed by atoms with Gasteiger partial charge in [0.05, 0.1) is 15.9 Å². The molecule has 0 N–H and O–H groups in total. The highest BCUT2D eigenvalue weighted by Gasteiger charge is 2.22. The number of fused-ring (bicyclic) bond motifs is 9. The molecule has 0 saturated carbocycles. The lowest BCUT2D eigenvalue weighted by Gasteiger charge is -2.10. The van der Waals surface area contributed by atoms with Crippen LogP contribution >= 0.6 is 22.7 Å². The molecule has 8 heteroatoms. The Bertz CT molecular complexity index is 3480. The van der Waals surface area contributed by atoms with Crippen molar-refractivity contribution in [1.29, 1.82) is 0 Å². The molecule has 0 unspecified atom stereocenters. The smallest absolute Gasteiger partial charge is 0.164 e. The lowest BCUT2D eigenvalue weighted by molar-refractivity contribution is 0.670. The number of benzene rings is 7. The van der Waals surface area contributed by atoms with Crippen molar-refractivity contribution in [1.82, 2.24) is 24.9 Å². The molecule has 266 valence electrons. The molecule has 0 aliphatic rings. The minimum Gasteiger partial charge on any atom is -0.455 e. The Morgan fingerprint density at radius 2 is 1.02 bits per heavy atom. The van der Waals surface area contributed by atoms with Crippen molar-refractivity contribution in [2.24, 2.45) is 0 Å². The van der Waals surface area contributed by atoms with E-state index in [1.807, 2.05) is 72.8 Å². The Kier molecular flexibility index (Phi) is 7.17. The molecule has 0 aliphatic carbocycles. The van der Waals surface area contributed by atoms with E-state index >= 15 is 0 Å². The second-order valence-electron chi connectivity index (χ2n) is 14.0. The molecule has 12 aromatic rings. The second-order valence-corrected chi connectivity index (χ2v) is 16.1. The van der Waals surface area contributed by atoms with E-state index in [0.717, 1.165) is 91.2 Å². The van der Waals surface area contributed by atoms with Crippen molar-refractivity contribution in [3.8, 4) is 56.8 Å². The van der Waals surface area contributed by atoms with Gasteiger partial charge in [0.1, 0.15) is 11.2 Å². The van der Waals surface area contributed by atoms with E-state index in [-0.39, 0.29) is 0 Å². The number of aromatic nitrogens is 5. The van der Waals surface area contributed by atoms with Gasteiger partial charge >= 0.3 is 0 Å². The molecule has 6 nitrogen and oxygen atoms in total. The Balaban J connectivity index is 1.05. The summed E-state index contributed by atoms with van der Waals surface area (Å²) in [7, 11) is 0. The molecule has 0 saturated heterocycles. The maximum atomic E-state index is 6.54. The van der Waals surface area contributed by atoms with Gasteiger partial charge in [0.15, 0.2) is 23.3 Å². The Labute approximate surface area is 333 Å². The summed E-state index contributed by atoms with van der Waals surface area (Å²) in [5.74, 6) is 2.59. The van der Waals surface area contributed by atoms with Gasteiger partial charge in [-0.2, -0.15) is 0 Å². The van der Waals surface area contributed by atoms with Gasteiger partial charge in [0.2, 0.25) is 0 Å². The molecular weight excluding hydrogens is 739 g/mol. The molecule has 0 bridgehead atoms. The van der Waals surface area contributed by atoms with Gasteiger partial charge in [0.25, 0.3) is 0 Å². The number of furan rings is 1. The Morgan fingerprint density at radius 1 is 0.386 bits per heavy atom. The van der Waals surface area contributed by atoms with E-state index in [1.54, 1.807) is 22.7 Å². The fourth-order valence-corrected chi connectivity index (χ4v) is 10.2.